The van der Waals surface area contributed by atoms with Gasteiger partial charge < -0.3 is 9.72 Å². The van der Waals surface area contributed by atoms with Crippen molar-refractivity contribution in [3.05, 3.63) is 41.2 Å². The third kappa shape index (κ3) is 2.00. The number of pyridine rings is 1. The topological polar surface area (TPSA) is 37.9 Å². The molecule has 0 amide bonds. The number of H-pyrrole nitrogens is 1. The van der Waals surface area contributed by atoms with Gasteiger partial charge in [0.05, 0.1) is 18.3 Å². The Labute approximate surface area is 125 Å². The zero-order chi connectivity index (χ0) is 14.1. The molecule has 3 rings (SSSR count). The number of ether oxygens (including phenoxy) is 1. The predicted molar refractivity (Wildman–Crippen MR) is 84.9 cm³/mol. The molecule has 0 saturated carbocycles. The number of aromatic amines is 1. The first kappa shape index (κ1) is 13.2. The van der Waals surface area contributed by atoms with Crippen LogP contribution in [0.25, 0.3) is 21.8 Å². The van der Waals surface area contributed by atoms with Gasteiger partial charge in [-0.1, -0.05) is 12.1 Å². The highest BCUT2D eigenvalue weighted by Gasteiger charge is 2.13. The Bertz CT molecular complexity index is 855. The van der Waals surface area contributed by atoms with Crippen LogP contribution >= 0.6 is 15.9 Å². The van der Waals surface area contributed by atoms with E-state index in [1.807, 2.05) is 12.3 Å². The molecule has 0 bridgehead atoms. The molecule has 0 atom stereocenters. The largest absolute Gasteiger partial charge is 0.380 e. The molecular weight excluding hydrogens is 316 g/mol. The zero-order valence-electron chi connectivity index (χ0n) is 11.2. The fourth-order valence-electron chi connectivity index (χ4n) is 2.62. The highest BCUT2D eigenvalue weighted by Crippen LogP contribution is 2.31. The quantitative estimate of drug-likeness (QED) is 0.725. The zero-order valence-corrected chi connectivity index (χ0v) is 12.8. The van der Waals surface area contributed by atoms with E-state index < -0.39 is 0 Å². The van der Waals surface area contributed by atoms with Gasteiger partial charge in [0.1, 0.15) is 5.69 Å². The summed E-state index contributed by atoms with van der Waals surface area (Å²) in [5, 5.41) is 2.37. The molecule has 0 aliphatic carbocycles. The number of nitrogens with one attached hydrogen (secondary N) is 1. The van der Waals surface area contributed by atoms with Crippen molar-refractivity contribution >= 4 is 37.7 Å². The molecule has 2 heterocycles. The molecular formula is C16H13BrN2O. The van der Waals surface area contributed by atoms with Crippen LogP contribution in [0.3, 0.4) is 0 Å². The minimum atomic E-state index is 0.589. The Morgan fingerprint density at radius 3 is 2.90 bits per heavy atom. The summed E-state index contributed by atoms with van der Waals surface area (Å²) >= 11 is 3.14. The van der Waals surface area contributed by atoms with Gasteiger partial charge in [0.2, 0.25) is 0 Å². The van der Waals surface area contributed by atoms with Gasteiger partial charge in [-0.05, 0) is 34.9 Å². The summed E-state index contributed by atoms with van der Waals surface area (Å²) in [6.07, 6.45) is 1.84. The molecule has 0 aliphatic heterocycles. The average Bonchev–Trinajstić information content (AvgIpc) is 2.83. The Kier molecular flexibility index (Phi) is 3.47. The second-order valence-corrected chi connectivity index (χ2v) is 5.03. The Morgan fingerprint density at radius 1 is 1.30 bits per heavy atom. The van der Waals surface area contributed by atoms with Crippen molar-refractivity contribution in [3.63, 3.8) is 0 Å². The van der Waals surface area contributed by atoms with Crippen LogP contribution in [-0.2, 0) is 11.3 Å². The first-order valence-electron chi connectivity index (χ1n) is 6.25. The number of nitrogens with zero attached hydrogens (tertiary/aromatic N) is 1. The third-order valence-corrected chi connectivity index (χ3v) is 3.66. The molecule has 0 saturated heterocycles. The molecule has 3 nitrogen and oxygen atoms in total. The van der Waals surface area contributed by atoms with E-state index in [9.17, 15) is 0 Å². The summed E-state index contributed by atoms with van der Waals surface area (Å²) in [6, 6.07) is 6.20. The highest BCUT2D eigenvalue weighted by atomic mass is 79.9. The van der Waals surface area contributed by atoms with E-state index in [2.05, 4.69) is 55.7 Å². The lowest BCUT2D eigenvalue weighted by atomic mass is 10.0. The lowest BCUT2D eigenvalue weighted by molar-refractivity contribution is 0.186. The highest BCUT2D eigenvalue weighted by molar-refractivity contribution is 9.12. The number of aromatic nitrogens is 2. The number of rotatable bonds is 2. The van der Waals surface area contributed by atoms with Gasteiger partial charge in [-0.25, -0.2) is 4.98 Å². The fourth-order valence-corrected chi connectivity index (χ4v) is 2.81. The lowest BCUT2D eigenvalue weighted by Crippen LogP contribution is -1.91. The number of hydrogen-bond acceptors (Lipinski definition) is 2. The van der Waals surface area contributed by atoms with Crippen LogP contribution in [0, 0.1) is 17.7 Å². The second-order valence-electron chi connectivity index (χ2n) is 4.64. The van der Waals surface area contributed by atoms with Crippen LogP contribution in [0.5, 0.6) is 0 Å². The summed E-state index contributed by atoms with van der Waals surface area (Å²) in [5.41, 5.74) is 5.18. The van der Waals surface area contributed by atoms with Crippen molar-refractivity contribution in [1.82, 2.24) is 9.97 Å². The number of fused-ring (bicyclic) bond motifs is 3. The van der Waals surface area contributed by atoms with Gasteiger partial charge in [-0.15, -0.1) is 0 Å². The van der Waals surface area contributed by atoms with Crippen molar-refractivity contribution in [2.75, 3.05) is 7.11 Å². The van der Waals surface area contributed by atoms with Gasteiger partial charge in [0.15, 0.2) is 0 Å². The van der Waals surface area contributed by atoms with Crippen molar-refractivity contribution in [2.24, 2.45) is 0 Å². The summed E-state index contributed by atoms with van der Waals surface area (Å²) in [4.78, 5) is 10.5. The van der Waals surface area contributed by atoms with E-state index in [1.54, 1.807) is 7.11 Å². The van der Waals surface area contributed by atoms with Gasteiger partial charge >= 0.3 is 0 Å². The van der Waals surface area contributed by atoms with E-state index in [4.69, 9.17) is 4.74 Å². The number of hydrogen-bond donors (Lipinski definition) is 1. The molecule has 0 spiro atoms. The maximum atomic E-state index is 5.31. The first-order chi connectivity index (χ1) is 9.76. The molecule has 4 heteroatoms. The number of benzene rings is 1. The van der Waals surface area contributed by atoms with Crippen LogP contribution in [0.2, 0.25) is 0 Å². The predicted octanol–water partition coefficient (Wildman–Crippen LogP) is 3.87. The van der Waals surface area contributed by atoms with Crippen molar-refractivity contribution in [1.29, 1.82) is 0 Å². The molecule has 20 heavy (non-hydrogen) atoms. The van der Waals surface area contributed by atoms with Crippen LogP contribution < -0.4 is 0 Å². The molecule has 1 aromatic carbocycles. The molecule has 0 radical (unpaired) electrons. The van der Waals surface area contributed by atoms with Gasteiger partial charge in [-0.2, -0.15) is 0 Å². The summed E-state index contributed by atoms with van der Waals surface area (Å²) < 4.78 is 5.31. The fraction of sp³-hybridized carbons (Fsp3) is 0.188. The molecule has 3 aromatic rings. The van der Waals surface area contributed by atoms with E-state index in [1.165, 1.54) is 16.3 Å². The van der Waals surface area contributed by atoms with Gasteiger partial charge in [0.25, 0.3) is 0 Å². The second kappa shape index (κ2) is 5.28. The molecule has 100 valence electrons. The van der Waals surface area contributed by atoms with Gasteiger partial charge in [0, 0.05) is 39.3 Å². The van der Waals surface area contributed by atoms with Crippen LogP contribution in [0.15, 0.2) is 24.4 Å². The van der Waals surface area contributed by atoms with Crippen LogP contribution in [0.4, 0.5) is 0 Å². The van der Waals surface area contributed by atoms with Crippen LogP contribution in [-0.4, -0.2) is 17.1 Å². The number of aryl methyl sites for hydroxylation is 1. The van der Waals surface area contributed by atoms with Gasteiger partial charge in [-0.3, -0.25) is 0 Å². The van der Waals surface area contributed by atoms with Crippen molar-refractivity contribution in [2.45, 2.75) is 13.5 Å². The molecule has 0 fully saturated rings. The van der Waals surface area contributed by atoms with Crippen molar-refractivity contribution in [3.8, 4) is 10.8 Å². The molecule has 0 aliphatic rings. The third-order valence-electron chi connectivity index (χ3n) is 3.46. The molecule has 1 N–H and O–H groups in total. The number of methoxy groups -OCH3 is 1. The SMILES string of the molecule is COCc1cccc2[nH]c3cnc(C#CBr)c(C)c3c12. The van der Waals surface area contributed by atoms with E-state index in [0.29, 0.717) is 6.61 Å². The maximum Gasteiger partial charge on any atom is 0.117 e. The Hall–Kier alpha value is -1.83. The van der Waals surface area contributed by atoms with E-state index in [-0.39, 0.29) is 0 Å². The maximum absolute atomic E-state index is 5.31. The van der Waals surface area contributed by atoms with E-state index in [0.717, 1.165) is 22.3 Å². The lowest BCUT2D eigenvalue weighted by Gasteiger charge is -2.04. The van der Waals surface area contributed by atoms with E-state index >= 15 is 0 Å². The summed E-state index contributed by atoms with van der Waals surface area (Å²) in [7, 11) is 1.71. The average molecular weight is 329 g/mol. The normalized spacial score (nSPS) is 10.8. The standard InChI is InChI=1S/C16H13BrN2O/c1-10-12(6-7-17)18-8-14-15(10)16-11(9-20-2)4-3-5-13(16)19-14/h3-5,8,19H,9H2,1-2H3. The number of halogens is 1. The smallest absolute Gasteiger partial charge is 0.117 e. The molecule has 2 aromatic heterocycles. The monoisotopic (exact) mass is 328 g/mol. The Balaban J connectivity index is 2.45. The summed E-state index contributed by atoms with van der Waals surface area (Å²) in [6.45, 7) is 2.64. The Morgan fingerprint density at radius 2 is 2.15 bits per heavy atom. The van der Waals surface area contributed by atoms with Crippen molar-refractivity contribution < 1.29 is 4.74 Å². The van der Waals surface area contributed by atoms with Crippen LogP contribution in [0.1, 0.15) is 16.8 Å². The first-order valence-corrected chi connectivity index (χ1v) is 7.05. The summed E-state index contributed by atoms with van der Waals surface area (Å²) in [5.74, 6) is 2.98. The minimum Gasteiger partial charge on any atom is -0.380 e. The minimum absolute atomic E-state index is 0.589. The molecule has 0 unspecified atom stereocenters.